The molecule has 3 N–H and O–H groups in total. The SMILES string of the molecule is NC1(C2(O)CCC(F)(F)CC2)CCCCCC1. The second-order valence-corrected chi connectivity index (χ2v) is 5.96. The summed E-state index contributed by atoms with van der Waals surface area (Å²) in [5.74, 6) is -2.60. The van der Waals surface area contributed by atoms with Crippen molar-refractivity contribution >= 4 is 0 Å². The molecule has 0 atom stereocenters. The lowest BCUT2D eigenvalue weighted by molar-refractivity contribution is -0.136. The lowest BCUT2D eigenvalue weighted by Crippen LogP contribution is -2.62. The Morgan fingerprint density at radius 2 is 1.24 bits per heavy atom. The van der Waals surface area contributed by atoms with Crippen molar-refractivity contribution in [2.75, 3.05) is 0 Å². The van der Waals surface area contributed by atoms with Crippen molar-refractivity contribution in [2.45, 2.75) is 81.3 Å². The van der Waals surface area contributed by atoms with E-state index in [2.05, 4.69) is 0 Å². The van der Waals surface area contributed by atoms with Crippen LogP contribution in [0, 0.1) is 0 Å². The van der Waals surface area contributed by atoms with Gasteiger partial charge < -0.3 is 10.8 Å². The van der Waals surface area contributed by atoms with Crippen molar-refractivity contribution < 1.29 is 13.9 Å². The van der Waals surface area contributed by atoms with E-state index in [1.807, 2.05) is 0 Å². The van der Waals surface area contributed by atoms with Crippen LogP contribution in [0.15, 0.2) is 0 Å². The predicted octanol–water partition coefficient (Wildman–Crippen LogP) is 2.98. The number of aliphatic hydroxyl groups is 1. The molecule has 0 aromatic rings. The fourth-order valence-corrected chi connectivity index (χ4v) is 3.35. The van der Waals surface area contributed by atoms with Gasteiger partial charge in [-0.05, 0) is 25.7 Å². The van der Waals surface area contributed by atoms with Crippen LogP contribution in [0.2, 0.25) is 0 Å². The highest BCUT2D eigenvalue weighted by atomic mass is 19.3. The monoisotopic (exact) mass is 247 g/mol. The summed E-state index contributed by atoms with van der Waals surface area (Å²) in [4.78, 5) is 0. The van der Waals surface area contributed by atoms with Crippen molar-refractivity contribution in [1.29, 1.82) is 0 Å². The molecule has 0 aromatic carbocycles. The zero-order valence-corrected chi connectivity index (χ0v) is 10.4. The van der Waals surface area contributed by atoms with Gasteiger partial charge >= 0.3 is 0 Å². The van der Waals surface area contributed by atoms with Gasteiger partial charge in [-0.1, -0.05) is 25.7 Å². The zero-order chi connectivity index (χ0) is 12.6. The van der Waals surface area contributed by atoms with Crippen molar-refractivity contribution in [1.82, 2.24) is 0 Å². The highest BCUT2D eigenvalue weighted by molar-refractivity contribution is 5.07. The third kappa shape index (κ3) is 2.63. The maximum absolute atomic E-state index is 13.2. The van der Waals surface area contributed by atoms with Crippen LogP contribution in [0.3, 0.4) is 0 Å². The Bertz CT molecular complexity index is 263. The van der Waals surface area contributed by atoms with E-state index in [-0.39, 0.29) is 25.7 Å². The number of nitrogens with two attached hydrogens (primary N) is 1. The molecular weight excluding hydrogens is 224 g/mol. The summed E-state index contributed by atoms with van der Waals surface area (Å²) in [6.07, 6.45) is 5.71. The topological polar surface area (TPSA) is 46.2 Å². The number of alkyl halides is 2. The van der Waals surface area contributed by atoms with Gasteiger partial charge in [0.05, 0.1) is 5.60 Å². The maximum atomic E-state index is 13.2. The van der Waals surface area contributed by atoms with E-state index in [4.69, 9.17) is 5.73 Å². The molecule has 0 radical (unpaired) electrons. The Kier molecular flexibility index (Phi) is 3.47. The third-order valence-corrected chi connectivity index (χ3v) is 4.73. The zero-order valence-electron chi connectivity index (χ0n) is 10.4. The Hall–Kier alpha value is -0.220. The molecule has 100 valence electrons. The Labute approximate surface area is 102 Å². The first-order valence-corrected chi connectivity index (χ1v) is 6.76. The molecule has 0 heterocycles. The summed E-state index contributed by atoms with van der Waals surface area (Å²) in [7, 11) is 0. The molecule has 2 saturated carbocycles. The Morgan fingerprint density at radius 3 is 1.71 bits per heavy atom. The van der Waals surface area contributed by atoms with Gasteiger partial charge in [0.1, 0.15) is 0 Å². The molecule has 2 rings (SSSR count). The number of hydrogen-bond donors (Lipinski definition) is 2. The number of rotatable bonds is 1. The summed E-state index contributed by atoms with van der Waals surface area (Å²) in [5, 5.41) is 10.7. The van der Waals surface area contributed by atoms with Crippen LogP contribution < -0.4 is 5.73 Å². The summed E-state index contributed by atoms with van der Waals surface area (Å²) in [6, 6.07) is 0. The molecule has 0 spiro atoms. The summed E-state index contributed by atoms with van der Waals surface area (Å²) in [6.45, 7) is 0. The molecule has 0 aromatic heterocycles. The standard InChI is InChI=1S/C13H23F2NO/c14-13(15)9-7-12(17,8-10-13)11(16)5-3-1-2-4-6-11/h17H,1-10,16H2. The lowest BCUT2D eigenvalue weighted by Gasteiger charge is -2.48. The normalized spacial score (nSPS) is 31.8. The number of hydrogen-bond acceptors (Lipinski definition) is 2. The fraction of sp³-hybridized carbons (Fsp3) is 1.00. The Morgan fingerprint density at radius 1 is 0.765 bits per heavy atom. The van der Waals surface area contributed by atoms with Crippen molar-refractivity contribution in [3.8, 4) is 0 Å². The summed E-state index contributed by atoms with van der Waals surface area (Å²) < 4.78 is 26.3. The smallest absolute Gasteiger partial charge is 0.248 e. The molecule has 0 saturated heterocycles. The fourth-order valence-electron chi connectivity index (χ4n) is 3.35. The van der Waals surface area contributed by atoms with E-state index >= 15 is 0 Å². The minimum absolute atomic E-state index is 0.149. The lowest BCUT2D eigenvalue weighted by atomic mass is 9.67. The van der Waals surface area contributed by atoms with Crippen molar-refractivity contribution in [3.05, 3.63) is 0 Å². The van der Waals surface area contributed by atoms with Gasteiger partial charge in [0.15, 0.2) is 0 Å². The summed E-state index contributed by atoms with van der Waals surface area (Å²) >= 11 is 0. The molecule has 2 nitrogen and oxygen atoms in total. The molecule has 0 bridgehead atoms. The first-order valence-electron chi connectivity index (χ1n) is 6.76. The third-order valence-electron chi connectivity index (χ3n) is 4.73. The van der Waals surface area contributed by atoms with E-state index in [0.717, 1.165) is 38.5 Å². The van der Waals surface area contributed by atoms with Crippen molar-refractivity contribution in [3.63, 3.8) is 0 Å². The molecule has 0 aliphatic heterocycles. The van der Waals surface area contributed by atoms with Crippen LogP contribution in [-0.4, -0.2) is 22.2 Å². The van der Waals surface area contributed by atoms with Crippen LogP contribution in [0.1, 0.15) is 64.2 Å². The van der Waals surface area contributed by atoms with E-state index in [1.165, 1.54) is 0 Å². The van der Waals surface area contributed by atoms with Crippen LogP contribution in [0.25, 0.3) is 0 Å². The second-order valence-electron chi connectivity index (χ2n) is 5.96. The van der Waals surface area contributed by atoms with E-state index in [0.29, 0.717) is 0 Å². The maximum Gasteiger partial charge on any atom is 0.248 e. The van der Waals surface area contributed by atoms with Crippen LogP contribution in [-0.2, 0) is 0 Å². The molecule has 2 fully saturated rings. The van der Waals surface area contributed by atoms with Gasteiger partial charge in [-0.15, -0.1) is 0 Å². The largest absolute Gasteiger partial charge is 0.388 e. The van der Waals surface area contributed by atoms with Crippen LogP contribution in [0.5, 0.6) is 0 Å². The van der Waals surface area contributed by atoms with Gasteiger partial charge in [0.2, 0.25) is 5.92 Å². The second kappa shape index (κ2) is 4.47. The van der Waals surface area contributed by atoms with E-state index in [9.17, 15) is 13.9 Å². The minimum Gasteiger partial charge on any atom is -0.388 e. The molecule has 0 amide bonds. The molecule has 4 heteroatoms. The van der Waals surface area contributed by atoms with Gasteiger partial charge in [0, 0.05) is 18.4 Å². The molecule has 0 unspecified atom stereocenters. The Balaban J connectivity index is 2.09. The highest BCUT2D eigenvalue weighted by Gasteiger charge is 2.52. The molecular formula is C13H23F2NO. The average molecular weight is 247 g/mol. The minimum atomic E-state index is -2.60. The van der Waals surface area contributed by atoms with Gasteiger partial charge in [-0.25, -0.2) is 8.78 Å². The van der Waals surface area contributed by atoms with Crippen LogP contribution >= 0.6 is 0 Å². The highest BCUT2D eigenvalue weighted by Crippen LogP contribution is 2.46. The molecule has 17 heavy (non-hydrogen) atoms. The molecule has 2 aliphatic carbocycles. The van der Waals surface area contributed by atoms with E-state index < -0.39 is 17.1 Å². The number of halogens is 2. The average Bonchev–Trinajstić information content (AvgIpc) is 2.49. The quantitative estimate of drug-likeness (QED) is 0.700. The first kappa shape index (κ1) is 13.2. The first-order chi connectivity index (χ1) is 7.87. The van der Waals surface area contributed by atoms with Gasteiger partial charge in [-0.3, -0.25) is 0 Å². The van der Waals surface area contributed by atoms with Crippen LogP contribution in [0.4, 0.5) is 8.78 Å². The van der Waals surface area contributed by atoms with Gasteiger partial charge in [0.25, 0.3) is 0 Å². The van der Waals surface area contributed by atoms with Crippen molar-refractivity contribution in [2.24, 2.45) is 5.73 Å². The van der Waals surface area contributed by atoms with Gasteiger partial charge in [-0.2, -0.15) is 0 Å². The summed E-state index contributed by atoms with van der Waals surface area (Å²) in [5.41, 5.74) is 4.65. The predicted molar refractivity (Wildman–Crippen MR) is 63.0 cm³/mol. The van der Waals surface area contributed by atoms with E-state index in [1.54, 1.807) is 0 Å². The molecule has 2 aliphatic rings.